The fourth-order valence-electron chi connectivity index (χ4n) is 1.73. The van der Waals surface area contributed by atoms with E-state index >= 15 is 0 Å². The number of benzene rings is 1. The fraction of sp³-hybridized carbons (Fsp3) is 0.333. The van der Waals surface area contributed by atoms with E-state index in [-0.39, 0.29) is 11.7 Å². The molecule has 1 heterocycles. The molecule has 0 saturated heterocycles. The maximum absolute atomic E-state index is 12.2. The number of nitrogens with one attached hydrogen (secondary N) is 1. The monoisotopic (exact) mass is 351 g/mol. The third-order valence-corrected chi connectivity index (χ3v) is 4.37. The number of Topliss-reactive ketones (excluding diaryl/α,β-unsaturated/α-hetero) is 1. The van der Waals surface area contributed by atoms with Crippen molar-refractivity contribution in [3.8, 4) is 0 Å². The van der Waals surface area contributed by atoms with Crippen molar-refractivity contribution in [1.82, 2.24) is 10.2 Å². The Morgan fingerprint density at radius 3 is 2.83 bits per heavy atom. The molecule has 0 spiro atoms. The number of amides is 1. The van der Waals surface area contributed by atoms with Crippen LogP contribution in [0.1, 0.15) is 30.1 Å². The zero-order valence-electron chi connectivity index (χ0n) is 13.0. The third-order valence-electron chi connectivity index (χ3n) is 2.90. The second kappa shape index (κ2) is 8.16. The van der Waals surface area contributed by atoms with Gasteiger partial charge in [0.2, 0.25) is 11.8 Å². The molecule has 8 heteroatoms. The summed E-state index contributed by atoms with van der Waals surface area (Å²) in [7, 11) is 0. The van der Waals surface area contributed by atoms with Crippen LogP contribution < -0.4 is 5.32 Å². The summed E-state index contributed by atoms with van der Waals surface area (Å²) < 4.78 is 5.44. The van der Waals surface area contributed by atoms with Crippen molar-refractivity contribution in [2.75, 3.05) is 11.6 Å². The number of carbonyl (C=O) groups excluding carboxylic acids is 2. The minimum atomic E-state index is -0.404. The van der Waals surface area contributed by atoms with Gasteiger partial charge in [-0.1, -0.05) is 23.9 Å². The normalized spacial score (nSPS) is 12.0. The van der Waals surface area contributed by atoms with E-state index < -0.39 is 5.25 Å². The van der Waals surface area contributed by atoms with Gasteiger partial charge < -0.3 is 9.73 Å². The molecule has 2 aromatic rings. The highest BCUT2D eigenvalue weighted by atomic mass is 32.2. The fourth-order valence-corrected chi connectivity index (χ4v) is 2.80. The van der Waals surface area contributed by atoms with E-state index in [4.69, 9.17) is 4.42 Å². The first-order chi connectivity index (χ1) is 11.0. The minimum Gasteiger partial charge on any atom is -0.415 e. The minimum absolute atomic E-state index is 0.0456. The number of hydrogen-bond acceptors (Lipinski definition) is 7. The first-order valence-electron chi connectivity index (χ1n) is 6.89. The van der Waals surface area contributed by atoms with E-state index in [1.165, 1.54) is 18.7 Å². The van der Waals surface area contributed by atoms with E-state index in [2.05, 4.69) is 15.5 Å². The number of carbonyl (C=O) groups is 2. The molecule has 2 rings (SSSR count). The second-order valence-electron chi connectivity index (χ2n) is 4.78. The molecule has 1 N–H and O–H groups in total. The highest BCUT2D eigenvalue weighted by Crippen LogP contribution is 2.24. The summed E-state index contributed by atoms with van der Waals surface area (Å²) in [4.78, 5) is 23.6. The molecule has 1 amide bonds. The molecule has 0 aliphatic heterocycles. The van der Waals surface area contributed by atoms with Gasteiger partial charge in [0.1, 0.15) is 0 Å². The molecule has 0 radical (unpaired) electrons. The van der Waals surface area contributed by atoms with Gasteiger partial charge in [-0.15, -0.1) is 10.2 Å². The van der Waals surface area contributed by atoms with Crippen LogP contribution >= 0.6 is 23.5 Å². The Labute approximate surface area is 142 Å². The van der Waals surface area contributed by atoms with Gasteiger partial charge in [0.15, 0.2) is 5.78 Å². The average Bonchev–Trinajstić information content (AvgIpc) is 2.95. The zero-order chi connectivity index (χ0) is 16.8. The molecular formula is C15H17N3O3S2. The van der Waals surface area contributed by atoms with E-state index in [9.17, 15) is 9.59 Å². The number of hydrogen-bond donors (Lipinski definition) is 1. The van der Waals surface area contributed by atoms with Crippen LogP contribution in [-0.2, 0) is 10.5 Å². The lowest BCUT2D eigenvalue weighted by Gasteiger charge is -2.10. The number of anilines is 1. The molecule has 0 saturated carbocycles. The lowest BCUT2D eigenvalue weighted by molar-refractivity contribution is -0.115. The van der Waals surface area contributed by atoms with Crippen molar-refractivity contribution in [3.05, 3.63) is 35.7 Å². The summed E-state index contributed by atoms with van der Waals surface area (Å²) in [5, 5.41) is 10.6. The van der Waals surface area contributed by atoms with Gasteiger partial charge >= 0.3 is 0 Å². The van der Waals surface area contributed by atoms with Crippen LogP contribution in [0.4, 0.5) is 5.69 Å². The van der Waals surface area contributed by atoms with Crippen molar-refractivity contribution in [2.24, 2.45) is 0 Å². The Kier molecular flexibility index (Phi) is 6.23. The number of thioether (sulfide) groups is 2. The Morgan fingerprint density at radius 1 is 1.35 bits per heavy atom. The third kappa shape index (κ3) is 5.11. The lowest BCUT2D eigenvalue weighted by Crippen LogP contribution is -2.22. The van der Waals surface area contributed by atoms with Gasteiger partial charge in [0, 0.05) is 11.3 Å². The van der Waals surface area contributed by atoms with Crippen LogP contribution in [0.5, 0.6) is 0 Å². The van der Waals surface area contributed by atoms with Crippen molar-refractivity contribution < 1.29 is 14.0 Å². The molecule has 0 aliphatic rings. The topological polar surface area (TPSA) is 85.1 Å². The Balaban J connectivity index is 1.96. The van der Waals surface area contributed by atoms with Crippen LogP contribution in [0.15, 0.2) is 33.9 Å². The van der Waals surface area contributed by atoms with Gasteiger partial charge in [-0.3, -0.25) is 9.59 Å². The van der Waals surface area contributed by atoms with Gasteiger partial charge in [-0.2, -0.15) is 11.8 Å². The largest absolute Gasteiger partial charge is 0.415 e. The predicted octanol–water partition coefficient (Wildman–Crippen LogP) is 3.25. The maximum Gasteiger partial charge on any atom is 0.277 e. The summed E-state index contributed by atoms with van der Waals surface area (Å²) in [6.07, 6.45) is 1.95. The van der Waals surface area contributed by atoms with Crippen molar-refractivity contribution in [2.45, 2.75) is 30.1 Å². The molecule has 23 heavy (non-hydrogen) atoms. The molecule has 122 valence electrons. The van der Waals surface area contributed by atoms with E-state index in [0.717, 1.165) is 0 Å². The Bertz CT molecular complexity index is 703. The molecule has 0 bridgehead atoms. The highest BCUT2D eigenvalue weighted by molar-refractivity contribution is 8.00. The van der Waals surface area contributed by atoms with Crippen LogP contribution in [0.3, 0.4) is 0 Å². The number of nitrogens with zero attached hydrogens (tertiary/aromatic N) is 2. The molecule has 1 atom stereocenters. The molecular weight excluding hydrogens is 334 g/mol. The van der Waals surface area contributed by atoms with Crippen LogP contribution in [0.25, 0.3) is 0 Å². The van der Waals surface area contributed by atoms with Crippen LogP contribution in [0, 0.1) is 0 Å². The molecule has 0 unspecified atom stereocenters. The maximum atomic E-state index is 12.2. The van der Waals surface area contributed by atoms with E-state index in [1.54, 1.807) is 43.0 Å². The summed E-state index contributed by atoms with van der Waals surface area (Å²) in [5.41, 5.74) is 1.14. The molecule has 1 aromatic carbocycles. The van der Waals surface area contributed by atoms with Crippen LogP contribution in [0.2, 0.25) is 0 Å². The number of aromatic nitrogens is 2. The number of ketones is 1. The molecule has 1 aromatic heterocycles. The average molecular weight is 351 g/mol. The first kappa shape index (κ1) is 17.6. The van der Waals surface area contributed by atoms with Gasteiger partial charge in [0.25, 0.3) is 5.22 Å². The van der Waals surface area contributed by atoms with Crippen molar-refractivity contribution in [3.63, 3.8) is 0 Å². The Morgan fingerprint density at radius 2 is 2.13 bits per heavy atom. The van der Waals surface area contributed by atoms with Crippen molar-refractivity contribution in [1.29, 1.82) is 0 Å². The SMILES string of the molecule is CSCc1nnc(S[C@@H](C)C(=O)Nc2cccc(C(C)=O)c2)o1. The number of rotatable bonds is 7. The van der Waals surface area contributed by atoms with Crippen molar-refractivity contribution >= 4 is 40.9 Å². The smallest absolute Gasteiger partial charge is 0.277 e. The van der Waals surface area contributed by atoms with Gasteiger partial charge in [-0.05, 0) is 32.2 Å². The molecule has 6 nitrogen and oxygen atoms in total. The molecule has 0 aliphatic carbocycles. The van der Waals surface area contributed by atoms with E-state index in [1.807, 2.05) is 6.26 Å². The standard InChI is InChI=1S/C15H17N3O3S2/c1-9(19)11-5-4-6-12(7-11)16-14(20)10(2)23-15-18-17-13(21-15)8-22-3/h4-7,10H,8H2,1-3H3,(H,16,20)/t10-/m0/s1. The summed E-state index contributed by atoms with van der Waals surface area (Å²) >= 11 is 2.79. The summed E-state index contributed by atoms with van der Waals surface area (Å²) in [6.45, 7) is 3.24. The summed E-state index contributed by atoms with van der Waals surface area (Å²) in [5.74, 6) is 0.948. The zero-order valence-corrected chi connectivity index (χ0v) is 14.7. The lowest BCUT2D eigenvalue weighted by atomic mass is 10.1. The predicted molar refractivity (Wildman–Crippen MR) is 91.9 cm³/mol. The van der Waals surface area contributed by atoms with E-state index in [0.29, 0.717) is 28.1 Å². The van der Waals surface area contributed by atoms with Gasteiger partial charge in [0.05, 0.1) is 11.0 Å². The Hall–Kier alpha value is -1.80. The summed E-state index contributed by atoms with van der Waals surface area (Å²) in [6, 6.07) is 6.84. The van der Waals surface area contributed by atoms with Crippen LogP contribution in [-0.4, -0.2) is 33.4 Å². The first-order valence-corrected chi connectivity index (χ1v) is 9.16. The highest BCUT2D eigenvalue weighted by Gasteiger charge is 2.18. The second-order valence-corrected chi connectivity index (χ2v) is 6.94. The van der Waals surface area contributed by atoms with Gasteiger partial charge in [-0.25, -0.2) is 0 Å². The molecule has 0 fully saturated rings. The quantitative estimate of drug-likeness (QED) is 0.605.